The van der Waals surface area contributed by atoms with E-state index in [1.54, 1.807) is 10.0 Å². The summed E-state index contributed by atoms with van der Waals surface area (Å²) in [5.74, 6) is 0.502. The maximum atomic E-state index is 13.2. The van der Waals surface area contributed by atoms with Crippen molar-refractivity contribution < 1.29 is 12.6 Å². The number of aromatic nitrogens is 2. The van der Waals surface area contributed by atoms with E-state index >= 15 is 0 Å². The molecule has 1 unspecified atom stereocenters. The fraction of sp³-hybridized carbons (Fsp3) is 0.500. The second-order valence-electron chi connectivity index (χ2n) is 10.1. The molecule has 0 bridgehead atoms. The number of nitrogens with two attached hydrogens (primary N) is 1. The Morgan fingerprint density at radius 1 is 1.15 bits per heavy atom. The van der Waals surface area contributed by atoms with Crippen molar-refractivity contribution in [3.05, 3.63) is 42.2 Å². The topological polar surface area (TPSA) is 99.1 Å². The van der Waals surface area contributed by atoms with Crippen LogP contribution < -0.4 is 9.86 Å². The van der Waals surface area contributed by atoms with Crippen LogP contribution in [0.25, 0.3) is 22.2 Å². The zero-order valence-corrected chi connectivity index (χ0v) is 21.4. The third kappa shape index (κ3) is 5.11. The van der Waals surface area contributed by atoms with Gasteiger partial charge in [0, 0.05) is 34.9 Å². The molecule has 7 nitrogen and oxygen atoms in total. The van der Waals surface area contributed by atoms with Gasteiger partial charge in [-0.3, -0.25) is 3.97 Å². The van der Waals surface area contributed by atoms with Gasteiger partial charge in [-0.1, -0.05) is 37.5 Å². The number of nitrogens with one attached hydrogen (secondary N) is 1. The molecule has 1 aliphatic rings. The Bertz CT molecular complexity index is 1290. The van der Waals surface area contributed by atoms with Crippen molar-refractivity contribution in [1.29, 1.82) is 0 Å². The van der Waals surface area contributed by atoms with Gasteiger partial charge in [0.2, 0.25) is 21.2 Å². The minimum Gasteiger partial charge on any atom is -0.343 e. The van der Waals surface area contributed by atoms with Gasteiger partial charge >= 0.3 is 0 Å². The van der Waals surface area contributed by atoms with E-state index in [-0.39, 0.29) is 10.4 Å². The quantitative estimate of drug-likeness (QED) is 0.534. The smallest absolute Gasteiger partial charge is 0.239 e. The molecule has 4 rings (SSSR count). The van der Waals surface area contributed by atoms with Gasteiger partial charge in [0.15, 0.2) is 0 Å². The van der Waals surface area contributed by atoms with Crippen LogP contribution in [0.2, 0.25) is 0 Å². The summed E-state index contributed by atoms with van der Waals surface area (Å²) in [6.07, 6.45) is 7.82. The molecule has 3 aromatic rings. The number of nitrogens with zero attached hydrogens (tertiary/aromatic N) is 2. The van der Waals surface area contributed by atoms with Gasteiger partial charge in [-0.05, 0) is 58.6 Å². The summed E-state index contributed by atoms with van der Waals surface area (Å²) in [5.41, 5.74) is 2.79. The van der Waals surface area contributed by atoms with Crippen LogP contribution >= 0.6 is 0 Å². The average Bonchev–Trinajstić information content (AvgIpc) is 3.26. The van der Waals surface area contributed by atoms with Crippen molar-refractivity contribution in [3.63, 3.8) is 0 Å². The molecule has 9 heteroatoms. The molecule has 2 heterocycles. The van der Waals surface area contributed by atoms with Gasteiger partial charge in [-0.25, -0.2) is 22.5 Å². The first kappa shape index (κ1) is 24.2. The minimum atomic E-state index is -3.87. The summed E-state index contributed by atoms with van der Waals surface area (Å²) in [7, 11) is -3.87. The predicted octanol–water partition coefficient (Wildman–Crippen LogP) is 4.46. The molecule has 1 aliphatic carbocycles. The lowest BCUT2D eigenvalue weighted by Crippen LogP contribution is -2.39. The van der Waals surface area contributed by atoms with Crippen LogP contribution in [0, 0.1) is 12.8 Å². The highest BCUT2D eigenvalue weighted by molar-refractivity contribution is 7.89. The van der Waals surface area contributed by atoms with Crippen molar-refractivity contribution in [3.8, 4) is 11.3 Å². The number of primary sulfonamides is 1. The maximum Gasteiger partial charge on any atom is 0.239 e. The second kappa shape index (κ2) is 9.02. The first-order valence-corrected chi connectivity index (χ1v) is 14.1. The zero-order valence-electron chi connectivity index (χ0n) is 19.8. The van der Waals surface area contributed by atoms with Crippen LogP contribution in [0.15, 0.2) is 41.4 Å². The summed E-state index contributed by atoms with van der Waals surface area (Å²) in [6.45, 7) is 8.47. The fourth-order valence-electron chi connectivity index (χ4n) is 4.80. The number of fused-ring (bicyclic) bond motifs is 1. The van der Waals surface area contributed by atoms with Gasteiger partial charge in [0.25, 0.3) is 0 Å². The van der Waals surface area contributed by atoms with Gasteiger partial charge in [0.05, 0.1) is 11.2 Å². The molecular formula is C24H34N4O3S2. The molecule has 33 heavy (non-hydrogen) atoms. The largest absolute Gasteiger partial charge is 0.343 e. The van der Waals surface area contributed by atoms with Gasteiger partial charge < -0.3 is 4.57 Å². The molecule has 1 fully saturated rings. The van der Waals surface area contributed by atoms with Crippen LogP contribution in [0.3, 0.4) is 0 Å². The Balaban J connectivity index is 1.89. The highest BCUT2D eigenvalue weighted by Gasteiger charge is 2.26. The lowest BCUT2D eigenvalue weighted by atomic mass is 9.89. The van der Waals surface area contributed by atoms with Crippen molar-refractivity contribution >= 4 is 32.1 Å². The molecule has 0 aliphatic heterocycles. The Hall–Kier alpha value is -1.94. The van der Waals surface area contributed by atoms with Crippen LogP contribution in [-0.2, 0) is 27.7 Å². The molecule has 0 radical (unpaired) electrons. The molecule has 1 saturated carbocycles. The standard InChI is InChI=1S/C24H34N4O3S2/c1-17-23(33(25,30)31)14-22(27(17)15-18-10-6-5-7-11-18)20-16-28(32(29)26-24(2,3)4)21-13-9-8-12-19(20)21/h8-9,12-14,16,18,26H,5-7,10-11,15H2,1-4H3,(H2,25,30,31). The van der Waals surface area contributed by atoms with E-state index in [1.165, 1.54) is 19.3 Å². The second-order valence-corrected chi connectivity index (χ2v) is 12.8. The van der Waals surface area contributed by atoms with E-state index < -0.39 is 21.2 Å². The van der Waals surface area contributed by atoms with E-state index in [0.29, 0.717) is 11.6 Å². The minimum absolute atomic E-state index is 0.152. The molecule has 0 spiro atoms. The van der Waals surface area contributed by atoms with Crippen LogP contribution in [0.4, 0.5) is 0 Å². The number of hydrogen-bond acceptors (Lipinski definition) is 3. The Morgan fingerprint density at radius 2 is 1.82 bits per heavy atom. The zero-order chi connectivity index (χ0) is 24.0. The average molecular weight is 491 g/mol. The summed E-state index contributed by atoms with van der Waals surface area (Å²) in [5, 5.41) is 6.50. The Kier molecular flexibility index (Phi) is 6.61. The molecular weight excluding hydrogens is 456 g/mol. The van der Waals surface area contributed by atoms with Gasteiger partial charge in [-0.15, -0.1) is 0 Å². The highest BCUT2D eigenvalue weighted by Crippen LogP contribution is 2.36. The monoisotopic (exact) mass is 490 g/mol. The van der Waals surface area contributed by atoms with Crippen LogP contribution in [0.1, 0.15) is 58.6 Å². The summed E-state index contributed by atoms with van der Waals surface area (Å²) in [6, 6.07) is 9.46. The Morgan fingerprint density at radius 3 is 2.45 bits per heavy atom. The molecule has 0 saturated heterocycles. The van der Waals surface area contributed by atoms with Crippen molar-refractivity contribution in [2.45, 2.75) is 76.8 Å². The number of hydrogen-bond donors (Lipinski definition) is 2. The molecule has 180 valence electrons. The third-order valence-electron chi connectivity index (χ3n) is 6.32. The molecule has 3 N–H and O–H groups in total. The van der Waals surface area contributed by atoms with E-state index in [0.717, 1.165) is 41.5 Å². The molecule has 2 aromatic heterocycles. The van der Waals surface area contributed by atoms with Crippen LogP contribution in [-0.4, -0.2) is 26.7 Å². The molecule has 1 aromatic carbocycles. The summed E-state index contributed by atoms with van der Waals surface area (Å²) >= 11 is -1.49. The lowest BCUT2D eigenvalue weighted by Gasteiger charge is -2.24. The maximum absolute atomic E-state index is 13.2. The first-order valence-electron chi connectivity index (χ1n) is 11.5. The number of sulfonamides is 1. The van der Waals surface area contributed by atoms with Crippen LogP contribution in [0.5, 0.6) is 0 Å². The van der Waals surface area contributed by atoms with Gasteiger partial charge in [0.1, 0.15) is 4.90 Å². The van der Waals surface area contributed by atoms with Crippen molar-refractivity contribution in [2.75, 3.05) is 0 Å². The summed E-state index contributed by atoms with van der Waals surface area (Å²) in [4.78, 5) is 0.152. The van der Waals surface area contributed by atoms with E-state index in [9.17, 15) is 12.6 Å². The predicted molar refractivity (Wildman–Crippen MR) is 134 cm³/mol. The molecule has 1 atom stereocenters. The highest BCUT2D eigenvalue weighted by atomic mass is 32.2. The normalized spacial score (nSPS) is 17.0. The molecule has 0 amide bonds. The van der Waals surface area contributed by atoms with E-state index in [4.69, 9.17) is 5.14 Å². The van der Waals surface area contributed by atoms with Crippen molar-refractivity contribution in [1.82, 2.24) is 13.3 Å². The van der Waals surface area contributed by atoms with Crippen molar-refractivity contribution in [2.24, 2.45) is 11.1 Å². The van der Waals surface area contributed by atoms with E-state index in [2.05, 4.69) is 9.29 Å². The number of benzene rings is 1. The number of rotatable bonds is 6. The first-order chi connectivity index (χ1) is 15.5. The third-order valence-corrected chi connectivity index (χ3v) is 8.79. The number of para-hydroxylation sites is 1. The Labute approximate surface area is 199 Å². The SMILES string of the molecule is Cc1c(S(N)(=O)=O)cc(-c2cn(S(=O)NC(C)(C)C)c3ccccc23)n1CC1CCCCC1. The van der Waals surface area contributed by atoms with Gasteiger partial charge in [-0.2, -0.15) is 0 Å². The lowest BCUT2D eigenvalue weighted by molar-refractivity contribution is 0.318. The summed E-state index contributed by atoms with van der Waals surface area (Å²) < 4.78 is 44.9. The van der Waals surface area contributed by atoms with E-state index in [1.807, 2.05) is 58.2 Å². The fourth-order valence-corrected chi connectivity index (χ4v) is 6.76.